The summed E-state index contributed by atoms with van der Waals surface area (Å²) in [5.41, 5.74) is 0. The summed E-state index contributed by atoms with van der Waals surface area (Å²) in [4.78, 5) is 13.1. The van der Waals surface area contributed by atoms with E-state index in [4.69, 9.17) is 5.11 Å². The van der Waals surface area contributed by atoms with Gasteiger partial charge in [0, 0.05) is 12.6 Å². The first kappa shape index (κ1) is 16.4. The van der Waals surface area contributed by atoms with E-state index in [1.807, 2.05) is 6.92 Å². The van der Waals surface area contributed by atoms with Crippen molar-refractivity contribution in [1.29, 1.82) is 0 Å². The first-order valence-corrected chi connectivity index (χ1v) is 9.27. The van der Waals surface area contributed by atoms with E-state index in [0.717, 1.165) is 37.3 Å². The van der Waals surface area contributed by atoms with Crippen molar-refractivity contribution >= 4 is 27.3 Å². The average molecular weight is 332 g/mol. The van der Waals surface area contributed by atoms with Gasteiger partial charge >= 0.3 is 5.97 Å². The van der Waals surface area contributed by atoms with E-state index in [-0.39, 0.29) is 15.1 Å². The highest BCUT2D eigenvalue weighted by Gasteiger charge is 2.22. The molecule has 1 aromatic heterocycles. The monoisotopic (exact) mass is 332 g/mol. The van der Waals surface area contributed by atoms with Crippen molar-refractivity contribution in [1.82, 2.24) is 9.62 Å². The molecule has 1 saturated heterocycles. The Morgan fingerprint density at radius 3 is 2.62 bits per heavy atom. The third-order valence-corrected chi connectivity index (χ3v) is 6.63. The fourth-order valence-corrected chi connectivity index (χ4v) is 4.68. The number of nitrogens with zero attached hydrogens (tertiary/aromatic N) is 1. The van der Waals surface area contributed by atoms with Crippen LogP contribution in [0.5, 0.6) is 0 Å². The maximum atomic E-state index is 12.1. The molecule has 0 aromatic carbocycles. The summed E-state index contributed by atoms with van der Waals surface area (Å²) in [6, 6.07) is 2.79. The number of hydrogen-bond donors (Lipinski definition) is 2. The van der Waals surface area contributed by atoms with Gasteiger partial charge in [-0.05, 0) is 45.0 Å². The quantitative estimate of drug-likeness (QED) is 0.826. The lowest BCUT2D eigenvalue weighted by atomic mass is 10.1. The minimum Gasteiger partial charge on any atom is -0.477 e. The number of rotatable bonds is 6. The van der Waals surface area contributed by atoms with Crippen LogP contribution in [0.3, 0.4) is 0 Å². The van der Waals surface area contributed by atoms with Gasteiger partial charge in [-0.3, -0.25) is 4.90 Å². The van der Waals surface area contributed by atoms with Crippen molar-refractivity contribution in [3.8, 4) is 0 Å². The number of piperidine rings is 1. The summed E-state index contributed by atoms with van der Waals surface area (Å²) in [5.74, 6) is -1.11. The van der Waals surface area contributed by atoms with E-state index < -0.39 is 16.0 Å². The lowest BCUT2D eigenvalue weighted by Gasteiger charge is -2.32. The number of carboxylic acid groups (broad SMARTS) is 1. The summed E-state index contributed by atoms with van der Waals surface area (Å²) in [7, 11) is -3.63. The molecule has 1 aliphatic rings. The Kier molecular flexibility index (Phi) is 5.37. The molecule has 0 bridgehead atoms. The zero-order valence-electron chi connectivity index (χ0n) is 11.9. The molecule has 0 amide bonds. The number of sulfonamides is 1. The lowest BCUT2D eigenvalue weighted by molar-refractivity contribution is 0.0702. The molecule has 1 aromatic rings. The summed E-state index contributed by atoms with van der Waals surface area (Å²) < 4.78 is 26.9. The molecule has 118 valence electrons. The van der Waals surface area contributed by atoms with Gasteiger partial charge in [-0.25, -0.2) is 17.9 Å². The molecular formula is C13H20N2O4S2. The molecule has 0 spiro atoms. The number of thiophene rings is 1. The molecule has 8 heteroatoms. The fourth-order valence-electron chi connectivity index (χ4n) is 2.37. The molecule has 1 unspecified atom stereocenters. The van der Waals surface area contributed by atoms with Crippen LogP contribution in [0.2, 0.25) is 0 Å². The van der Waals surface area contributed by atoms with Gasteiger partial charge in [-0.2, -0.15) is 0 Å². The number of carbonyl (C=O) groups is 1. The topological polar surface area (TPSA) is 86.7 Å². The van der Waals surface area contributed by atoms with Crippen LogP contribution < -0.4 is 4.72 Å². The molecule has 1 fully saturated rings. The molecule has 0 saturated carbocycles. The average Bonchev–Trinajstić information content (AvgIpc) is 2.97. The second-order valence-corrected chi connectivity index (χ2v) is 8.30. The normalized spacial score (nSPS) is 18.5. The van der Waals surface area contributed by atoms with E-state index in [1.165, 1.54) is 18.6 Å². The Bertz CT molecular complexity index is 591. The van der Waals surface area contributed by atoms with E-state index in [9.17, 15) is 13.2 Å². The number of hydrogen-bond acceptors (Lipinski definition) is 5. The number of likely N-dealkylation sites (tertiary alicyclic amines) is 1. The molecule has 6 nitrogen and oxygen atoms in total. The third-order valence-electron chi connectivity index (χ3n) is 3.64. The van der Waals surface area contributed by atoms with Gasteiger partial charge < -0.3 is 5.11 Å². The van der Waals surface area contributed by atoms with Gasteiger partial charge in [0.25, 0.3) is 0 Å². The fraction of sp³-hybridized carbons (Fsp3) is 0.615. The van der Waals surface area contributed by atoms with E-state index in [1.54, 1.807) is 0 Å². The van der Waals surface area contributed by atoms with Crippen LogP contribution in [-0.4, -0.2) is 50.1 Å². The predicted molar refractivity (Wildman–Crippen MR) is 81.4 cm³/mol. The molecule has 21 heavy (non-hydrogen) atoms. The highest BCUT2D eigenvalue weighted by Crippen LogP contribution is 2.21. The Morgan fingerprint density at radius 2 is 2.05 bits per heavy atom. The van der Waals surface area contributed by atoms with Crippen molar-refractivity contribution in [2.24, 2.45) is 0 Å². The SMILES string of the molecule is CC(CNS(=O)(=O)c1ccc(C(=O)O)s1)N1CCCCC1. The highest BCUT2D eigenvalue weighted by molar-refractivity contribution is 7.91. The minimum atomic E-state index is -3.63. The lowest BCUT2D eigenvalue weighted by Crippen LogP contribution is -2.44. The Hall–Kier alpha value is -0.960. The molecule has 1 atom stereocenters. The zero-order chi connectivity index (χ0) is 15.5. The maximum Gasteiger partial charge on any atom is 0.345 e. The molecule has 0 aliphatic carbocycles. The molecule has 2 heterocycles. The molecule has 2 N–H and O–H groups in total. The van der Waals surface area contributed by atoms with E-state index >= 15 is 0 Å². The van der Waals surface area contributed by atoms with Crippen LogP contribution >= 0.6 is 11.3 Å². The second kappa shape index (κ2) is 6.87. The molecule has 2 rings (SSSR count). The van der Waals surface area contributed by atoms with Crippen LogP contribution in [-0.2, 0) is 10.0 Å². The Labute approximate surface area is 128 Å². The van der Waals surface area contributed by atoms with Gasteiger partial charge in [0.05, 0.1) is 0 Å². The molecular weight excluding hydrogens is 312 g/mol. The van der Waals surface area contributed by atoms with Gasteiger partial charge in [0.15, 0.2) is 0 Å². The first-order chi connectivity index (χ1) is 9.90. The standard InChI is InChI=1S/C13H20N2O4S2/c1-10(15-7-3-2-4-8-15)9-14-21(18,19)12-6-5-11(20-12)13(16)17/h5-6,10,14H,2-4,7-9H2,1H3,(H,16,17). The van der Waals surface area contributed by atoms with Crippen LogP contribution in [0, 0.1) is 0 Å². The molecule has 0 radical (unpaired) electrons. The summed E-state index contributed by atoms with van der Waals surface area (Å²) >= 11 is 0.772. The Balaban J connectivity index is 1.95. The van der Waals surface area contributed by atoms with Crippen LogP contribution in [0.25, 0.3) is 0 Å². The summed E-state index contributed by atoms with van der Waals surface area (Å²) in [6.45, 7) is 4.35. The smallest absolute Gasteiger partial charge is 0.345 e. The largest absolute Gasteiger partial charge is 0.477 e. The van der Waals surface area contributed by atoms with Crippen LogP contribution in [0.4, 0.5) is 0 Å². The third kappa shape index (κ3) is 4.26. The number of carboxylic acids is 1. The van der Waals surface area contributed by atoms with Crippen molar-refractivity contribution in [2.75, 3.05) is 19.6 Å². The molecule has 1 aliphatic heterocycles. The second-order valence-electron chi connectivity index (χ2n) is 5.22. The van der Waals surface area contributed by atoms with Crippen molar-refractivity contribution in [3.05, 3.63) is 17.0 Å². The van der Waals surface area contributed by atoms with Crippen molar-refractivity contribution < 1.29 is 18.3 Å². The minimum absolute atomic E-state index is 0.0273. The van der Waals surface area contributed by atoms with E-state index in [0.29, 0.717) is 6.54 Å². The first-order valence-electron chi connectivity index (χ1n) is 6.97. The summed E-state index contributed by atoms with van der Waals surface area (Å²) in [5, 5.41) is 8.84. The number of nitrogens with one attached hydrogen (secondary N) is 1. The van der Waals surface area contributed by atoms with Crippen LogP contribution in [0.15, 0.2) is 16.3 Å². The van der Waals surface area contributed by atoms with E-state index in [2.05, 4.69) is 9.62 Å². The van der Waals surface area contributed by atoms with Gasteiger partial charge in [0.2, 0.25) is 10.0 Å². The maximum absolute atomic E-state index is 12.1. The van der Waals surface area contributed by atoms with Crippen molar-refractivity contribution in [3.63, 3.8) is 0 Å². The Morgan fingerprint density at radius 1 is 1.38 bits per heavy atom. The van der Waals surface area contributed by atoms with Gasteiger partial charge in [-0.1, -0.05) is 6.42 Å². The van der Waals surface area contributed by atoms with Crippen molar-refractivity contribution in [2.45, 2.75) is 36.4 Å². The summed E-state index contributed by atoms with van der Waals surface area (Å²) in [6.07, 6.45) is 3.55. The predicted octanol–water partition coefficient (Wildman–Crippen LogP) is 1.60. The van der Waals surface area contributed by atoms with Crippen LogP contribution in [0.1, 0.15) is 35.9 Å². The van der Waals surface area contributed by atoms with Gasteiger partial charge in [0.1, 0.15) is 9.09 Å². The van der Waals surface area contributed by atoms with Gasteiger partial charge in [-0.15, -0.1) is 11.3 Å². The number of aromatic carboxylic acids is 1. The highest BCUT2D eigenvalue weighted by atomic mass is 32.2. The zero-order valence-corrected chi connectivity index (χ0v) is 13.5.